The van der Waals surface area contributed by atoms with E-state index < -0.39 is 0 Å². The minimum Gasteiger partial charge on any atom is -0.347 e. The van der Waals surface area contributed by atoms with Crippen LogP contribution in [0.4, 0.5) is 0 Å². The van der Waals surface area contributed by atoms with Crippen molar-refractivity contribution < 1.29 is 4.79 Å². The number of nitrogens with one attached hydrogen (secondary N) is 1. The van der Waals surface area contributed by atoms with Crippen LogP contribution >= 0.6 is 11.3 Å². The molecule has 2 aromatic rings. The van der Waals surface area contributed by atoms with E-state index in [2.05, 4.69) is 53.3 Å². The lowest BCUT2D eigenvalue weighted by molar-refractivity contribution is 0.0946. The number of nitrogens with two attached hydrogens (primary N) is 1. The molecule has 0 saturated carbocycles. The molecule has 0 bridgehead atoms. The maximum absolute atomic E-state index is 12.1. The van der Waals surface area contributed by atoms with Crippen molar-refractivity contribution in [3.05, 3.63) is 51.5 Å². The average molecular weight is 373 g/mol. The summed E-state index contributed by atoms with van der Waals surface area (Å²) < 4.78 is 0. The standard InChI is InChI=1S/C20H28N4OS/c1-14-7-15(2)11-24(10-14)12-17-5-3-16(4-6-17)9-22-20(25)18-13-26-19(8-21)23-18/h3-6,13-15H,7-12,21H2,1-2H3,(H,22,25). The number of hydrogen-bond acceptors (Lipinski definition) is 5. The van der Waals surface area contributed by atoms with Gasteiger partial charge in [-0.2, -0.15) is 0 Å². The second kappa shape index (κ2) is 8.75. The number of amides is 1. The summed E-state index contributed by atoms with van der Waals surface area (Å²) >= 11 is 1.42. The van der Waals surface area contributed by atoms with E-state index in [1.807, 2.05) is 0 Å². The van der Waals surface area contributed by atoms with Crippen molar-refractivity contribution in [2.45, 2.75) is 39.9 Å². The predicted octanol–water partition coefficient (Wildman–Crippen LogP) is 3.01. The third-order valence-electron chi connectivity index (χ3n) is 4.79. The minimum atomic E-state index is -0.152. The van der Waals surface area contributed by atoms with Gasteiger partial charge in [0.2, 0.25) is 0 Å². The van der Waals surface area contributed by atoms with Crippen LogP contribution in [0.1, 0.15) is 46.9 Å². The van der Waals surface area contributed by atoms with E-state index in [9.17, 15) is 4.79 Å². The van der Waals surface area contributed by atoms with Crippen LogP contribution in [0.3, 0.4) is 0 Å². The molecular weight excluding hydrogens is 344 g/mol. The topological polar surface area (TPSA) is 71.2 Å². The first-order valence-corrected chi connectivity index (χ1v) is 10.1. The quantitative estimate of drug-likeness (QED) is 0.818. The van der Waals surface area contributed by atoms with E-state index in [-0.39, 0.29) is 5.91 Å². The summed E-state index contributed by atoms with van der Waals surface area (Å²) in [4.78, 5) is 18.9. The SMILES string of the molecule is CC1CC(C)CN(Cc2ccc(CNC(=O)c3csc(CN)n3)cc2)C1. The Morgan fingerprint density at radius 3 is 2.50 bits per heavy atom. The lowest BCUT2D eigenvalue weighted by Crippen LogP contribution is -2.38. The van der Waals surface area contributed by atoms with Crippen molar-refractivity contribution >= 4 is 17.2 Å². The largest absolute Gasteiger partial charge is 0.347 e. The fraction of sp³-hybridized carbons (Fsp3) is 0.500. The van der Waals surface area contributed by atoms with Gasteiger partial charge in [0.05, 0.1) is 0 Å². The van der Waals surface area contributed by atoms with Crippen molar-refractivity contribution in [1.82, 2.24) is 15.2 Å². The predicted molar refractivity (Wildman–Crippen MR) is 106 cm³/mol. The Kier molecular flexibility index (Phi) is 6.40. The smallest absolute Gasteiger partial charge is 0.271 e. The maximum atomic E-state index is 12.1. The first kappa shape index (κ1) is 19.0. The first-order chi connectivity index (χ1) is 12.5. The van der Waals surface area contributed by atoms with Crippen LogP contribution < -0.4 is 11.1 Å². The van der Waals surface area contributed by atoms with Gasteiger partial charge in [0, 0.05) is 38.1 Å². The molecule has 1 aliphatic heterocycles. The molecule has 3 rings (SSSR count). The fourth-order valence-corrected chi connectivity index (χ4v) is 4.38. The zero-order valence-electron chi connectivity index (χ0n) is 15.6. The van der Waals surface area contributed by atoms with Gasteiger partial charge < -0.3 is 11.1 Å². The normalized spacial score (nSPS) is 20.9. The van der Waals surface area contributed by atoms with Gasteiger partial charge in [-0.05, 0) is 29.4 Å². The number of likely N-dealkylation sites (tertiary alicyclic amines) is 1. The van der Waals surface area contributed by atoms with Gasteiger partial charge in [0.15, 0.2) is 0 Å². The van der Waals surface area contributed by atoms with Crippen LogP contribution in [0.2, 0.25) is 0 Å². The lowest BCUT2D eigenvalue weighted by atomic mass is 9.91. The molecule has 6 heteroatoms. The number of piperidine rings is 1. The number of carbonyl (C=O) groups excluding carboxylic acids is 1. The Balaban J connectivity index is 1.50. The summed E-state index contributed by atoms with van der Waals surface area (Å²) in [6, 6.07) is 8.53. The zero-order valence-corrected chi connectivity index (χ0v) is 16.4. The van der Waals surface area contributed by atoms with Gasteiger partial charge in [0.25, 0.3) is 5.91 Å². The molecule has 140 valence electrons. The average Bonchev–Trinajstić information content (AvgIpc) is 3.09. The molecular formula is C20H28N4OS. The van der Waals surface area contributed by atoms with E-state index in [0.717, 1.165) is 29.0 Å². The molecule has 26 heavy (non-hydrogen) atoms. The number of nitrogens with zero attached hydrogens (tertiary/aromatic N) is 2. The third-order valence-corrected chi connectivity index (χ3v) is 5.66. The van der Waals surface area contributed by atoms with Crippen LogP contribution in [0.5, 0.6) is 0 Å². The van der Waals surface area contributed by atoms with Crippen molar-refractivity contribution in [3.8, 4) is 0 Å². The molecule has 1 amide bonds. The van der Waals surface area contributed by atoms with E-state index in [0.29, 0.717) is 18.8 Å². The molecule has 1 fully saturated rings. The molecule has 5 nitrogen and oxygen atoms in total. The number of thiazole rings is 1. The molecule has 3 N–H and O–H groups in total. The molecule has 2 heterocycles. The molecule has 1 aromatic heterocycles. The van der Waals surface area contributed by atoms with Gasteiger partial charge in [-0.1, -0.05) is 38.1 Å². The van der Waals surface area contributed by atoms with Gasteiger partial charge in [-0.15, -0.1) is 11.3 Å². The number of hydrogen-bond donors (Lipinski definition) is 2. The van der Waals surface area contributed by atoms with Crippen molar-refractivity contribution in [3.63, 3.8) is 0 Å². The van der Waals surface area contributed by atoms with Gasteiger partial charge in [-0.25, -0.2) is 4.98 Å². The number of rotatable bonds is 6. The second-order valence-electron chi connectivity index (χ2n) is 7.47. The highest BCUT2D eigenvalue weighted by atomic mass is 32.1. The molecule has 0 spiro atoms. The van der Waals surface area contributed by atoms with E-state index >= 15 is 0 Å². The van der Waals surface area contributed by atoms with Crippen molar-refractivity contribution in [2.75, 3.05) is 13.1 Å². The first-order valence-electron chi connectivity index (χ1n) is 9.26. The maximum Gasteiger partial charge on any atom is 0.271 e. The van der Waals surface area contributed by atoms with E-state index in [1.54, 1.807) is 5.38 Å². The molecule has 0 radical (unpaired) electrons. The van der Waals surface area contributed by atoms with Gasteiger partial charge in [-0.3, -0.25) is 9.69 Å². The number of carbonyl (C=O) groups is 1. The summed E-state index contributed by atoms with van der Waals surface area (Å²) in [6.07, 6.45) is 1.33. The Morgan fingerprint density at radius 1 is 1.23 bits per heavy atom. The third kappa shape index (κ3) is 5.13. The van der Waals surface area contributed by atoms with E-state index in [4.69, 9.17) is 5.73 Å². The molecule has 1 saturated heterocycles. The monoisotopic (exact) mass is 372 g/mol. The summed E-state index contributed by atoms with van der Waals surface area (Å²) in [5, 5.41) is 5.45. The van der Waals surface area contributed by atoms with Crippen LogP contribution in [0.25, 0.3) is 0 Å². The molecule has 2 atom stereocenters. The second-order valence-corrected chi connectivity index (χ2v) is 8.41. The van der Waals surface area contributed by atoms with Crippen LogP contribution in [-0.2, 0) is 19.6 Å². The van der Waals surface area contributed by atoms with Crippen LogP contribution in [-0.4, -0.2) is 28.9 Å². The van der Waals surface area contributed by atoms with Crippen LogP contribution in [0, 0.1) is 11.8 Å². The number of aromatic nitrogens is 1. The zero-order chi connectivity index (χ0) is 18.5. The van der Waals surface area contributed by atoms with Crippen molar-refractivity contribution in [1.29, 1.82) is 0 Å². The minimum absolute atomic E-state index is 0.152. The highest BCUT2D eigenvalue weighted by Crippen LogP contribution is 2.22. The Hall–Kier alpha value is -1.76. The summed E-state index contributed by atoms with van der Waals surface area (Å²) in [5.74, 6) is 1.40. The number of benzene rings is 1. The molecule has 2 unspecified atom stereocenters. The molecule has 1 aliphatic rings. The Bertz CT molecular complexity index is 718. The van der Waals surface area contributed by atoms with E-state index in [1.165, 1.54) is 36.4 Å². The van der Waals surface area contributed by atoms with Gasteiger partial charge in [0.1, 0.15) is 10.7 Å². The van der Waals surface area contributed by atoms with Gasteiger partial charge >= 0.3 is 0 Å². The Morgan fingerprint density at radius 2 is 1.88 bits per heavy atom. The summed E-state index contributed by atoms with van der Waals surface area (Å²) in [7, 11) is 0. The molecule has 0 aliphatic carbocycles. The van der Waals surface area contributed by atoms with Crippen molar-refractivity contribution in [2.24, 2.45) is 17.6 Å². The summed E-state index contributed by atoms with van der Waals surface area (Å²) in [5.41, 5.74) is 8.40. The lowest BCUT2D eigenvalue weighted by Gasteiger charge is -2.35. The fourth-order valence-electron chi connectivity index (χ4n) is 3.72. The van der Waals surface area contributed by atoms with Crippen LogP contribution in [0.15, 0.2) is 29.6 Å². The highest BCUT2D eigenvalue weighted by molar-refractivity contribution is 7.09. The molecule has 1 aromatic carbocycles. The summed E-state index contributed by atoms with van der Waals surface area (Å²) in [6.45, 7) is 8.92. The highest BCUT2D eigenvalue weighted by Gasteiger charge is 2.21. The Labute approximate surface area is 159 Å².